The van der Waals surface area contributed by atoms with Crippen LogP contribution in [0.2, 0.25) is 10.0 Å². The summed E-state index contributed by atoms with van der Waals surface area (Å²) in [5.41, 5.74) is 0.301. The molecule has 0 bridgehead atoms. The number of ether oxygens (including phenoxy) is 2. The van der Waals surface area contributed by atoms with Crippen LogP contribution in [0.1, 0.15) is 17.3 Å². The van der Waals surface area contributed by atoms with Gasteiger partial charge in [-0.2, -0.15) is 0 Å². The standard InChI is InChI=1S/C18H17Cl2NO4/c1-12(21-17(22)15-4-2-3-5-16(15)20)18(23)25-11-10-24-14-8-6-13(19)7-9-14/h2-9,12H,10-11H2,1H3,(H,21,22)/t12-/m0/s1. The van der Waals surface area contributed by atoms with E-state index >= 15 is 0 Å². The molecular weight excluding hydrogens is 365 g/mol. The van der Waals surface area contributed by atoms with Gasteiger partial charge in [0, 0.05) is 5.02 Å². The number of rotatable bonds is 7. The Balaban J connectivity index is 1.74. The minimum absolute atomic E-state index is 0.0633. The summed E-state index contributed by atoms with van der Waals surface area (Å²) in [5.74, 6) is -0.368. The van der Waals surface area contributed by atoms with Crippen molar-refractivity contribution in [3.05, 3.63) is 64.1 Å². The van der Waals surface area contributed by atoms with Crippen LogP contribution < -0.4 is 10.1 Å². The van der Waals surface area contributed by atoms with Crippen LogP contribution in [-0.2, 0) is 9.53 Å². The molecule has 0 aliphatic heterocycles. The van der Waals surface area contributed by atoms with E-state index in [1.54, 1.807) is 48.5 Å². The highest BCUT2D eigenvalue weighted by molar-refractivity contribution is 6.33. The number of carbonyl (C=O) groups is 2. The van der Waals surface area contributed by atoms with Gasteiger partial charge in [0.1, 0.15) is 25.0 Å². The van der Waals surface area contributed by atoms with Gasteiger partial charge in [-0.3, -0.25) is 4.79 Å². The molecule has 2 rings (SSSR count). The van der Waals surface area contributed by atoms with Gasteiger partial charge in [0.25, 0.3) is 5.91 Å². The first-order chi connectivity index (χ1) is 12.0. The Morgan fingerprint density at radius 1 is 1.04 bits per heavy atom. The van der Waals surface area contributed by atoms with Gasteiger partial charge in [0.15, 0.2) is 0 Å². The van der Waals surface area contributed by atoms with E-state index in [2.05, 4.69) is 5.32 Å². The predicted octanol–water partition coefficient (Wildman–Crippen LogP) is 3.73. The first-order valence-corrected chi connectivity index (χ1v) is 8.33. The average Bonchev–Trinajstić information content (AvgIpc) is 2.60. The van der Waals surface area contributed by atoms with Crippen LogP contribution in [-0.4, -0.2) is 31.1 Å². The summed E-state index contributed by atoms with van der Waals surface area (Å²) in [7, 11) is 0. The number of carbonyl (C=O) groups excluding carboxylic acids is 2. The van der Waals surface area contributed by atoms with Gasteiger partial charge in [0.2, 0.25) is 0 Å². The number of hydrogen-bond donors (Lipinski definition) is 1. The SMILES string of the molecule is C[C@H](NC(=O)c1ccccc1Cl)C(=O)OCCOc1ccc(Cl)cc1. The van der Waals surface area contributed by atoms with Crippen LogP contribution in [0.25, 0.3) is 0 Å². The zero-order valence-electron chi connectivity index (χ0n) is 13.5. The monoisotopic (exact) mass is 381 g/mol. The number of amides is 1. The fourth-order valence-electron chi connectivity index (χ4n) is 1.94. The molecule has 0 aromatic heterocycles. The van der Waals surface area contributed by atoms with Crippen LogP contribution in [0, 0.1) is 0 Å². The van der Waals surface area contributed by atoms with Gasteiger partial charge < -0.3 is 14.8 Å². The van der Waals surface area contributed by atoms with E-state index in [0.717, 1.165) is 0 Å². The molecule has 132 valence electrons. The number of hydrogen-bond acceptors (Lipinski definition) is 4. The zero-order chi connectivity index (χ0) is 18.2. The Bertz CT molecular complexity index is 734. The maximum Gasteiger partial charge on any atom is 0.328 e. The molecule has 0 spiro atoms. The van der Waals surface area contributed by atoms with E-state index < -0.39 is 17.9 Å². The van der Waals surface area contributed by atoms with Crippen molar-refractivity contribution in [2.75, 3.05) is 13.2 Å². The van der Waals surface area contributed by atoms with Crippen LogP contribution in [0.15, 0.2) is 48.5 Å². The van der Waals surface area contributed by atoms with Gasteiger partial charge in [-0.05, 0) is 43.3 Å². The number of halogens is 2. The van der Waals surface area contributed by atoms with Crippen molar-refractivity contribution in [2.45, 2.75) is 13.0 Å². The summed E-state index contributed by atoms with van der Waals surface area (Å²) in [4.78, 5) is 24.0. The summed E-state index contributed by atoms with van der Waals surface area (Å²) in [5, 5.41) is 3.48. The number of nitrogens with one attached hydrogen (secondary N) is 1. The normalized spacial score (nSPS) is 11.5. The smallest absolute Gasteiger partial charge is 0.328 e. The zero-order valence-corrected chi connectivity index (χ0v) is 15.0. The molecule has 5 nitrogen and oxygen atoms in total. The number of benzene rings is 2. The lowest BCUT2D eigenvalue weighted by atomic mass is 10.2. The summed E-state index contributed by atoms with van der Waals surface area (Å²) >= 11 is 11.7. The van der Waals surface area contributed by atoms with E-state index in [0.29, 0.717) is 21.4 Å². The Morgan fingerprint density at radius 2 is 1.72 bits per heavy atom. The number of esters is 1. The molecule has 0 radical (unpaired) electrons. The molecule has 0 saturated carbocycles. The first kappa shape index (κ1) is 19.1. The molecule has 2 aromatic rings. The van der Waals surface area contributed by atoms with Crippen LogP contribution in [0.4, 0.5) is 0 Å². The van der Waals surface area contributed by atoms with Gasteiger partial charge in [-0.25, -0.2) is 4.79 Å². The molecule has 7 heteroatoms. The Labute approximate surface area is 155 Å². The minimum atomic E-state index is -0.806. The van der Waals surface area contributed by atoms with Crippen molar-refractivity contribution in [2.24, 2.45) is 0 Å². The molecule has 25 heavy (non-hydrogen) atoms. The van der Waals surface area contributed by atoms with Crippen molar-refractivity contribution in [3.63, 3.8) is 0 Å². The summed E-state index contributed by atoms with van der Waals surface area (Å²) in [6.45, 7) is 1.80. The molecule has 1 amide bonds. The minimum Gasteiger partial charge on any atom is -0.490 e. The molecule has 2 aromatic carbocycles. The molecule has 0 aliphatic rings. The lowest BCUT2D eigenvalue weighted by Gasteiger charge is -2.14. The van der Waals surface area contributed by atoms with Crippen molar-refractivity contribution < 1.29 is 19.1 Å². The van der Waals surface area contributed by atoms with Gasteiger partial charge in [0.05, 0.1) is 10.6 Å². The fourth-order valence-corrected chi connectivity index (χ4v) is 2.28. The molecule has 1 atom stereocenters. The second-order valence-corrected chi connectivity index (χ2v) is 5.99. The quantitative estimate of drug-likeness (QED) is 0.586. The van der Waals surface area contributed by atoms with E-state index in [-0.39, 0.29) is 13.2 Å². The lowest BCUT2D eigenvalue weighted by molar-refractivity contribution is -0.146. The highest BCUT2D eigenvalue weighted by Gasteiger charge is 2.19. The molecule has 0 heterocycles. The summed E-state index contributed by atoms with van der Waals surface area (Å²) in [6.07, 6.45) is 0. The summed E-state index contributed by atoms with van der Waals surface area (Å²) in [6, 6.07) is 12.6. The van der Waals surface area contributed by atoms with E-state index in [1.165, 1.54) is 6.92 Å². The molecule has 0 aliphatic carbocycles. The third-order valence-electron chi connectivity index (χ3n) is 3.23. The fraction of sp³-hybridized carbons (Fsp3) is 0.222. The molecular formula is C18H17Cl2NO4. The van der Waals surface area contributed by atoms with Crippen molar-refractivity contribution in [1.29, 1.82) is 0 Å². The van der Waals surface area contributed by atoms with E-state index in [9.17, 15) is 9.59 Å². The van der Waals surface area contributed by atoms with Gasteiger partial charge in [-0.1, -0.05) is 35.3 Å². The Morgan fingerprint density at radius 3 is 2.40 bits per heavy atom. The maximum absolute atomic E-state index is 12.1. The highest BCUT2D eigenvalue weighted by Crippen LogP contribution is 2.16. The van der Waals surface area contributed by atoms with E-state index in [1.807, 2.05) is 0 Å². The molecule has 0 saturated heterocycles. The van der Waals surface area contributed by atoms with Gasteiger partial charge >= 0.3 is 5.97 Å². The van der Waals surface area contributed by atoms with Crippen molar-refractivity contribution in [3.8, 4) is 5.75 Å². The summed E-state index contributed by atoms with van der Waals surface area (Å²) < 4.78 is 10.5. The third kappa shape index (κ3) is 5.96. The average molecular weight is 382 g/mol. The Hall–Kier alpha value is -2.24. The first-order valence-electron chi connectivity index (χ1n) is 7.58. The predicted molar refractivity (Wildman–Crippen MR) is 96.3 cm³/mol. The molecule has 1 N–H and O–H groups in total. The third-order valence-corrected chi connectivity index (χ3v) is 3.81. The second-order valence-electron chi connectivity index (χ2n) is 5.14. The van der Waals surface area contributed by atoms with Crippen LogP contribution in [0.3, 0.4) is 0 Å². The Kier molecular flexibility index (Phi) is 7.10. The topological polar surface area (TPSA) is 64.6 Å². The van der Waals surface area contributed by atoms with Crippen LogP contribution >= 0.6 is 23.2 Å². The highest BCUT2D eigenvalue weighted by atomic mass is 35.5. The van der Waals surface area contributed by atoms with E-state index in [4.69, 9.17) is 32.7 Å². The van der Waals surface area contributed by atoms with Gasteiger partial charge in [-0.15, -0.1) is 0 Å². The van der Waals surface area contributed by atoms with Crippen molar-refractivity contribution in [1.82, 2.24) is 5.32 Å². The van der Waals surface area contributed by atoms with Crippen molar-refractivity contribution >= 4 is 35.1 Å². The molecule has 0 fully saturated rings. The lowest BCUT2D eigenvalue weighted by Crippen LogP contribution is -2.40. The molecule has 0 unspecified atom stereocenters. The second kappa shape index (κ2) is 9.30. The van der Waals surface area contributed by atoms with Crippen LogP contribution in [0.5, 0.6) is 5.75 Å². The largest absolute Gasteiger partial charge is 0.490 e. The maximum atomic E-state index is 12.1.